The van der Waals surface area contributed by atoms with E-state index in [0.29, 0.717) is 23.4 Å². The summed E-state index contributed by atoms with van der Waals surface area (Å²) < 4.78 is 0. The molecule has 2 aromatic rings. The number of nitrogens with one attached hydrogen (secondary N) is 1. The first-order chi connectivity index (χ1) is 17.5. The highest BCUT2D eigenvalue weighted by molar-refractivity contribution is 8.04. The SMILES string of the molecule is Cc1ccc(CN2C(=O)/C(=C\c3ccc(C(=O)NC4CCC(C)CC4)cc3)SC3CCCCC32)cc1. The van der Waals surface area contributed by atoms with Crippen LogP contribution in [0.1, 0.15) is 85.3 Å². The van der Waals surface area contributed by atoms with Crippen LogP contribution in [0.2, 0.25) is 0 Å². The van der Waals surface area contributed by atoms with Crippen molar-refractivity contribution in [1.82, 2.24) is 10.2 Å². The lowest BCUT2D eigenvalue weighted by molar-refractivity contribution is -0.130. The van der Waals surface area contributed by atoms with Gasteiger partial charge in [0.05, 0.1) is 4.91 Å². The minimum atomic E-state index is 0.00574. The number of hydrogen-bond acceptors (Lipinski definition) is 3. The van der Waals surface area contributed by atoms with Gasteiger partial charge in [-0.1, -0.05) is 61.7 Å². The van der Waals surface area contributed by atoms with Crippen molar-refractivity contribution in [3.8, 4) is 0 Å². The number of carbonyl (C=O) groups is 2. The molecular formula is C31H38N2O2S. The topological polar surface area (TPSA) is 49.4 Å². The summed E-state index contributed by atoms with van der Waals surface area (Å²) in [6.07, 6.45) is 11.2. The monoisotopic (exact) mass is 502 g/mol. The van der Waals surface area contributed by atoms with Gasteiger partial charge >= 0.3 is 0 Å². The minimum Gasteiger partial charge on any atom is -0.349 e. The van der Waals surface area contributed by atoms with Crippen molar-refractivity contribution in [3.63, 3.8) is 0 Å². The molecule has 5 rings (SSSR count). The van der Waals surface area contributed by atoms with E-state index in [9.17, 15) is 9.59 Å². The average molecular weight is 503 g/mol. The van der Waals surface area contributed by atoms with Crippen molar-refractivity contribution in [2.75, 3.05) is 0 Å². The van der Waals surface area contributed by atoms with E-state index in [0.717, 1.165) is 42.1 Å². The summed E-state index contributed by atoms with van der Waals surface area (Å²) in [4.78, 5) is 29.3. The average Bonchev–Trinajstić information content (AvgIpc) is 2.89. The fraction of sp³-hybridized carbons (Fsp3) is 0.484. The molecular weight excluding hydrogens is 464 g/mol. The number of hydrogen-bond donors (Lipinski definition) is 1. The predicted molar refractivity (Wildman–Crippen MR) is 149 cm³/mol. The van der Waals surface area contributed by atoms with E-state index in [1.54, 1.807) is 11.8 Å². The van der Waals surface area contributed by atoms with E-state index < -0.39 is 0 Å². The molecule has 4 nitrogen and oxygen atoms in total. The van der Waals surface area contributed by atoms with Gasteiger partial charge in [-0.15, -0.1) is 11.8 Å². The summed E-state index contributed by atoms with van der Waals surface area (Å²) in [5, 5.41) is 3.66. The van der Waals surface area contributed by atoms with E-state index >= 15 is 0 Å². The Labute approximate surface area is 219 Å². The molecule has 0 spiro atoms. The summed E-state index contributed by atoms with van der Waals surface area (Å²) in [5.41, 5.74) is 4.08. The highest BCUT2D eigenvalue weighted by atomic mass is 32.2. The molecule has 1 N–H and O–H groups in total. The number of benzene rings is 2. The van der Waals surface area contributed by atoms with Crippen LogP contribution >= 0.6 is 11.8 Å². The highest BCUT2D eigenvalue weighted by Gasteiger charge is 2.40. The Balaban J connectivity index is 1.30. The second-order valence-electron chi connectivity index (χ2n) is 11.0. The zero-order valence-electron chi connectivity index (χ0n) is 21.5. The zero-order valence-corrected chi connectivity index (χ0v) is 22.4. The third kappa shape index (κ3) is 5.88. The van der Waals surface area contributed by atoms with Gasteiger partial charge in [-0.3, -0.25) is 9.59 Å². The number of fused-ring (bicyclic) bond motifs is 1. The van der Waals surface area contributed by atoms with Gasteiger partial charge in [0.1, 0.15) is 0 Å². The van der Waals surface area contributed by atoms with E-state index in [-0.39, 0.29) is 17.9 Å². The lowest BCUT2D eigenvalue weighted by atomic mass is 9.87. The lowest BCUT2D eigenvalue weighted by Crippen LogP contribution is -2.50. The molecule has 2 saturated carbocycles. The smallest absolute Gasteiger partial charge is 0.260 e. The second-order valence-corrected chi connectivity index (χ2v) is 12.3. The van der Waals surface area contributed by atoms with E-state index in [4.69, 9.17) is 0 Å². The Morgan fingerprint density at radius 1 is 0.972 bits per heavy atom. The Bertz CT molecular complexity index is 1100. The summed E-state index contributed by atoms with van der Waals surface area (Å²) in [6.45, 7) is 5.05. The summed E-state index contributed by atoms with van der Waals surface area (Å²) in [6, 6.07) is 16.8. The van der Waals surface area contributed by atoms with Gasteiger partial charge in [0.2, 0.25) is 0 Å². The van der Waals surface area contributed by atoms with Crippen molar-refractivity contribution in [3.05, 3.63) is 75.7 Å². The first-order valence-electron chi connectivity index (χ1n) is 13.6. The van der Waals surface area contributed by atoms with Crippen molar-refractivity contribution < 1.29 is 9.59 Å². The van der Waals surface area contributed by atoms with E-state index in [1.807, 2.05) is 30.3 Å². The van der Waals surface area contributed by atoms with Crippen LogP contribution in [0.25, 0.3) is 6.08 Å². The summed E-state index contributed by atoms with van der Waals surface area (Å²) in [5.74, 6) is 0.908. The normalized spacial score (nSPS) is 27.6. The van der Waals surface area contributed by atoms with Crippen LogP contribution in [0.3, 0.4) is 0 Å². The number of thioether (sulfide) groups is 1. The van der Waals surface area contributed by atoms with Crippen LogP contribution in [0, 0.1) is 12.8 Å². The van der Waals surface area contributed by atoms with Crippen molar-refractivity contribution in [2.24, 2.45) is 5.92 Å². The van der Waals surface area contributed by atoms with Gasteiger partial charge in [-0.05, 0) is 80.7 Å². The largest absolute Gasteiger partial charge is 0.349 e. The number of aryl methyl sites for hydroxylation is 1. The molecule has 2 unspecified atom stereocenters. The maximum Gasteiger partial charge on any atom is 0.260 e. The second kappa shape index (κ2) is 11.2. The standard InChI is InChI=1S/C31H38N2O2S/c1-21-7-11-24(12-8-21)20-33-27-5-3-4-6-28(27)36-29(31(33)35)19-23-13-15-25(16-14-23)30(34)32-26-17-9-22(2)10-18-26/h7-8,11-16,19,22,26-28H,3-6,9-10,17-18,20H2,1-2H3,(H,32,34)/b29-19+. The summed E-state index contributed by atoms with van der Waals surface area (Å²) in [7, 11) is 0. The quantitative estimate of drug-likeness (QED) is 0.461. The Hall–Kier alpha value is -2.53. The molecule has 190 valence electrons. The molecule has 1 saturated heterocycles. The van der Waals surface area contributed by atoms with Gasteiger partial charge < -0.3 is 10.2 Å². The Kier molecular flexibility index (Phi) is 7.85. The van der Waals surface area contributed by atoms with Crippen LogP contribution < -0.4 is 5.32 Å². The van der Waals surface area contributed by atoms with Crippen LogP contribution in [-0.2, 0) is 11.3 Å². The molecule has 2 amide bonds. The van der Waals surface area contributed by atoms with Crippen LogP contribution in [0.4, 0.5) is 0 Å². The Morgan fingerprint density at radius 2 is 1.67 bits per heavy atom. The van der Waals surface area contributed by atoms with Crippen LogP contribution in [0.5, 0.6) is 0 Å². The highest BCUT2D eigenvalue weighted by Crippen LogP contribution is 2.42. The molecule has 3 aliphatic rings. The lowest BCUT2D eigenvalue weighted by Gasteiger charge is -2.44. The van der Waals surface area contributed by atoms with Crippen molar-refractivity contribution in [2.45, 2.75) is 89.1 Å². The van der Waals surface area contributed by atoms with Crippen LogP contribution in [0.15, 0.2) is 53.4 Å². The van der Waals surface area contributed by atoms with Crippen LogP contribution in [-0.4, -0.2) is 34.0 Å². The minimum absolute atomic E-state index is 0.00574. The molecule has 5 heteroatoms. The van der Waals surface area contributed by atoms with Gasteiger partial charge in [-0.2, -0.15) is 0 Å². The van der Waals surface area contributed by atoms with E-state index in [2.05, 4.69) is 48.3 Å². The molecule has 1 aliphatic heterocycles. The zero-order chi connectivity index (χ0) is 25.1. The molecule has 36 heavy (non-hydrogen) atoms. The maximum absolute atomic E-state index is 13.6. The molecule has 0 aromatic heterocycles. The van der Waals surface area contributed by atoms with Gasteiger partial charge in [0.25, 0.3) is 11.8 Å². The number of carbonyl (C=O) groups excluding carboxylic acids is 2. The number of amides is 2. The maximum atomic E-state index is 13.6. The molecule has 2 aliphatic carbocycles. The molecule has 3 fully saturated rings. The summed E-state index contributed by atoms with van der Waals surface area (Å²) >= 11 is 1.76. The van der Waals surface area contributed by atoms with Gasteiger partial charge in [0, 0.05) is 29.4 Å². The van der Waals surface area contributed by atoms with Gasteiger partial charge in [-0.25, -0.2) is 0 Å². The molecule has 0 radical (unpaired) electrons. The predicted octanol–water partition coefficient (Wildman–Crippen LogP) is 6.73. The van der Waals surface area contributed by atoms with Crippen molar-refractivity contribution in [1.29, 1.82) is 0 Å². The third-order valence-electron chi connectivity index (χ3n) is 8.11. The molecule has 1 heterocycles. The first kappa shape index (κ1) is 25.1. The molecule has 2 aromatic carbocycles. The first-order valence-corrected chi connectivity index (χ1v) is 14.5. The van der Waals surface area contributed by atoms with E-state index in [1.165, 1.54) is 36.8 Å². The molecule has 2 atom stereocenters. The fourth-order valence-electron chi connectivity index (χ4n) is 5.81. The fourth-order valence-corrected chi connectivity index (χ4v) is 7.28. The van der Waals surface area contributed by atoms with Gasteiger partial charge in [0.15, 0.2) is 0 Å². The number of nitrogens with zero attached hydrogens (tertiary/aromatic N) is 1. The Morgan fingerprint density at radius 3 is 2.39 bits per heavy atom. The third-order valence-corrected chi connectivity index (χ3v) is 9.51. The molecule has 0 bridgehead atoms. The van der Waals surface area contributed by atoms with Crippen molar-refractivity contribution >= 4 is 29.7 Å². The number of rotatable bonds is 5.